The number of carbonyl (C=O) groups is 2. The molecule has 0 saturated heterocycles. The van der Waals surface area contributed by atoms with Crippen molar-refractivity contribution in [3.63, 3.8) is 0 Å². The van der Waals surface area contributed by atoms with Crippen LogP contribution in [-0.4, -0.2) is 28.4 Å². The third-order valence-electron chi connectivity index (χ3n) is 3.68. The van der Waals surface area contributed by atoms with Crippen LogP contribution in [0.1, 0.15) is 35.8 Å². The molecule has 0 radical (unpaired) electrons. The van der Waals surface area contributed by atoms with Crippen molar-refractivity contribution in [2.24, 2.45) is 0 Å². The molecule has 8 nitrogen and oxygen atoms in total. The quantitative estimate of drug-likeness (QED) is 0.653. The van der Waals surface area contributed by atoms with Crippen LogP contribution in [-0.2, 0) is 9.53 Å². The number of aromatic nitrogens is 2. The number of furan rings is 1. The molecule has 134 valence electrons. The van der Waals surface area contributed by atoms with Crippen molar-refractivity contribution >= 4 is 22.8 Å². The fourth-order valence-electron chi connectivity index (χ4n) is 2.38. The van der Waals surface area contributed by atoms with E-state index in [4.69, 9.17) is 9.15 Å². The van der Waals surface area contributed by atoms with Gasteiger partial charge in [-0.05, 0) is 31.2 Å². The minimum atomic E-state index is -0.722. The van der Waals surface area contributed by atoms with Crippen LogP contribution < -0.4 is 10.9 Å². The Labute approximate surface area is 148 Å². The number of carbonyl (C=O) groups excluding carboxylic acids is 2. The van der Waals surface area contributed by atoms with Crippen LogP contribution in [0.25, 0.3) is 10.9 Å². The third-order valence-corrected chi connectivity index (χ3v) is 3.68. The molecule has 0 aliphatic heterocycles. The van der Waals surface area contributed by atoms with E-state index in [9.17, 15) is 14.4 Å². The van der Waals surface area contributed by atoms with Gasteiger partial charge in [0, 0.05) is 6.54 Å². The molecular formula is C18H17N3O5. The van der Waals surface area contributed by atoms with Crippen LogP contribution in [0.2, 0.25) is 0 Å². The van der Waals surface area contributed by atoms with Gasteiger partial charge in [-0.2, -0.15) is 0 Å². The van der Waals surface area contributed by atoms with Crippen molar-refractivity contribution in [3.05, 3.63) is 64.6 Å². The molecule has 0 aliphatic carbocycles. The second kappa shape index (κ2) is 7.64. The Bertz CT molecular complexity index is 978. The normalized spacial score (nSPS) is 11.9. The number of rotatable bonds is 6. The lowest BCUT2D eigenvalue weighted by Crippen LogP contribution is -2.26. The first kappa shape index (κ1) is 17.4. The molecule has 2 aromatic heterocycles. The Morgan fingerprint density at radius 1 is 1.27 bits per heavy atom. The van der Waals surface area contributed by atoms with Crippen molar-refractivity contribution < 1.29 is 18.7 Å². The predicted octanol–water partition coefficient (Wildman–Crippen LogP) is 1.94. The van der Waals surface area contributed by atoms with Gasteiger partial charge in [-0.15, -0.1) is 0 Å². The lowest BCUT2D eigenvalue weighted by atomic mass is 10.2. The standard InChI is InChI=1S/C18H17N3O5/c1-11(16-20-13-6-3-2-5-12(13)17(23)21-16)26-15(22)8-9-19-18(24)14-7-4-10-25-14/h2-7,10-11H,8-9H2,1H3,(H,19,24)(H,20,21,23)/t11-/m1/s1. The summed E-state index contributed by atoms with van der Waals surface area (Å²) in [5.74, 6) is -0.490. The highest BCUT2D eigenvalue weighted by Crippen LogP contribution is 2.14. The van der Waals surface area contributed by atoms with Crippen molar-refractivity contribution in [1.82, 2.24) is 15.3 Å². The summed E-state index contributed by atoms with van der Waals surface area (Å²) in [5.41, 5.74) is 0.235. The molecule has 2 N–H and O–H groups in total. The monoisotopic (exact) mass is 355 g/mol. The van der Waals surface area contributed by atoms with Gasteiger partial charge < -0.3 is 19.5 Å². The second-order valence-electron chi connectivity index (χ2n) is 5.58. The van der Waals surface area contributed by atoms with E-state index in [1.165, 1.54) is 12.3 Å². The van der Waals surface area contributed by atoms with Gasteiger partial charge in [0.25, 0.3) is 11.5 Å². The van der Waals surface area contributed by atoms with Crippen LogP contribution in [0, 0.1) is 0 Å². The van der Waals surface area contributed by atoms with E-state index in [0.717, 1.165) is 0 Å². The summed E-state index contributed by atoms with van der Waals surface area (Å²) in [6.45, 7) is 1.72. The molecule has 1 atom stereocenters. The van der Waals surface area contributed by atoms with Crippen molar-refractivity contribution in [1.29, 1.82) is 0 Å². The average Bonchev–Trinajstić information content (AvgIpc) is 3.16. The van der Waals surface area contributed by atoms with Crippen molar-refractivity contribution in [2.45, 2.75) is 19.4 Å². The van der Waals surface area contributed by atoms with Crippen LogP contribution in [0.15, 0.2) is 51.9 Å². The Kier molecular flexibility index (Phi) is 5.12. The Morgan fingerprint density at radius 3 is 2.85 bits per heavy atom. The SMILES string of the molecule is C[C@@H](OC(=O)CCNC(=O)c1ccco1)c1nc2ccccc2c(=O)[nH]1. The summed E-state index contributed by atoms with van der Waals surface area (Å²) in [7, 11) is 0. The van der Waals surface area contributed by atoms with Gasteiger partial charge in [-0.1, -0.05) is 12.1 Å². The summed E-state index contributed by atoms with van der Waals surface area (Å²) in [5, 5.41) is 3.02. The largest absolute Gasteiger partial charge is 0.459 e. The number of ether oxygens (including phenoxy) is 1. The number of H-pyrrole nitrogens is 1. The summed E-state index contributed by atoms with van der Waals surface area (Å²) < 4.78 is 10.2. The lowest BCUT2D eigenvalue weighted by Gasteiger charge is -2.13. The molecule has 2 heterocycles. The maximum atomic E-state index is 12.1. The van der Waals surface area contributed by atoms with Gasteiger partial charge >= 0.3 is 5.97 Å². The number of esters is 1. The lowest BCUT2D eigenvalue weighted by molar-refractivity contribution is -0.148. The number of fused-ring (bicyclic) bond motifs is 1. The summed E-state index contributed by atoms with van der Waals surface area (Å²) in [6.07, 6.45) is 0.650. The minimum Gasteiger partial charge on any atom is -0.459 e. The Morgan fingerprint density at radius 2 is 2.08 bits per heavy atom. The maximum absolute atomic E-state index is 12.1. The number of hydrogen-bond donors (Lipinski definition) is 2. The molecular weight excluding hydrogens is 338 g/mol. The molecule has 0 saturated carbocycles. The highest BCUT2D eigenvalue weighted by Gasteiger charge is 2.16. The predicted molar refractivity (Wildman–Crippen MR) is 92.5 cm³/mol. The van der Waals surface area contributed by atoms with Gasteiger partial charge in [0.15, 0.2) is 17.7 Å². The Balaban J connectivity index is 1.56. The number of nitrogens with zero attached hydrogens (tertiary/aromatic N) is 1. The van der Waals surface area contributed by atoms with Gasteiger partial charge in [0.2, 0.25) is 0 Å². The molecule has 0 bridgehead atoms. The number of amides is 1. The molecule has 0 fully saturated rings. The zero-order valence-electron chi connectivity index (χ0n) is 14.0. The van der Waals surface area contributed by atoms with E-state index in [0.29, 0.717) is 10.9 Å². The van der Waals surface area contributed by atoms with Crippen molar-refractivity contribution in [3.8, 4) is 0 Å². The van der Waals surface area contributed by atoms with Gasteiger partial charge in [-0.3, -0.25) is 14.4 Å². The molecule has 0 unspecified atom stereocenters. The smallest absolute Gasteiger partial charge is 0.308 e. The van der Waals surface area contributed by atoms with E-state index in [1.807, 2.05) is 0 Å². The maximum Gasteiger partial charge on any atom is 0.308 e. The zero-order chi connectivity index (χ0) is 18.5. The van der Waals surface area contributed by atoms with Gasteiger partial charge in [-0.25, -0.2) is 4.98 Å². The van der Waals surface area contributed by atoms with Crippen molar-refractivity contribution in [2.75, 3.05) is 6.54 Å². The molecule has 3 rings (SSSR count). The highest BCUT2D eigenvalue weighted by atomic mass is 16.5. The van der Waals surface area contributed by atoms with Crippen LogP contribution in [0.5, 0.6) is 0 Å². The molecule has 1 aromatic carbocycles. The molecule has 0 aliphatic rings. The van der Waals surface area contributed by atoms with E-state index >= 15 is 0 Å². The first-order chi connectivity index (χ1) is 12.5. The fourth-order valence-corrected chi connectivity index (χ4v) is 2.38. The molecule has 8 heteroatoms. The van der Waals surface area contributed by atoms with Gasteiger partial charge in [0.05, 0.1) is 23.6 Å². The number of para-hydroxylation sites is 1. The Hall–Kier alpha value is -3.42. The van der Waals surface area contributed by atoms with Crippen LogP contribution in [0.4, 0.5) is 0 Å². The highest BCUT2D eigenvalue weighted by molar-refractivity contribution is 5.91. The first-order valence-corrected chi connectivity index (χ1v) is 8.05. The number of nitrogens with one attached hydrogen (secondary N) is 2. The fraction of sp³-hybridized carbons (Fsp3) is 0.222. The molecule has 0 spiro atoms. The molecule has 1 amide bonds. The summed E-state index contributed by atoms with van der Waals surface area (Å²) in [6, 6.07) is 10.0. The number of benzene rings is 1. The third kappa shape index (κ3) is 3.97. The van der Waals surface area contributed by atoms with Gasteiger partial charge in [0.1, 0.15) is 0 Å². The van der Waals surface area contributed by atoms with E-state index in [2.05, 4.69) is 15.3 Å². The average molecular weight is 355 g/mol. The van der Waals surface area contributed by atoms with E-state index in [1.54, 1.807) is 37.3 Å². The number of aromatic amines is 1. The van der Waals surface area contributed by atoms with Crippen LogP contribution >= 0.6 is 0 Å². The second-order valence-corrected chi connectivity index (χ2v) is 5.58. The molecule has 26 heavy (non-hydrogen) atoms. The summed E-state index contributed by atoms with van der Waals surface area (Å²) >= 11 is 0. The van der Waals surface area contributed by atoms with Crippen LogP contribution in [0.3, 0.4) is 0 Å². The summed E-state index contributed by atoms with van der Waals surface area (Å²) in [4.78, 5) is 42.6. The minimum absolute atomic E-state index is 0.0192. The molecule has 3 aromatic rings. The number of hydrogen-bond acceptors (Lipinski definition) is 6. The van der Waals surface area contributed by atoms with E-state index in [-0.39, 0.29) is 30.1 Å². The topological polar surface area (TPSA) is 114 Å². The zero-order valence-corrected chi connectivity index (χ0v) is 14.0. The first-order valence-electron chi connectivity index (χ1n) is 8.05. The van der Waals surface area contributed by atoms with E-state index < -0.39 is 18.0 Å².